The molecule has 33 heavy (non-hydrogen) atoms. The zero-order chi connectivity index (χ0) is 22.8. The van der Waals surface area contributed by atoms with E-state index in [0.717, 1.165) is 42.5 Å². The highest BCUT2D eigenvalue weighted by Gasteiger charge is 2.30. The van der Waals surface area contributed by atoms with Gasteiger partial charge in [0.2, 0.25) is 5.91 Å². The fraction of sp³-hybridized carbons (Fsp3) is 0.348. The minimum atomic E-state index is 0.0102. The number of anilines is 1. The van der Waals surface area contributed by atoms with Crippen LogP contribution in [0.5, 0.6) is 5.75 Å². The molecule has 4 heterocycles. The quantitative estimate of drug-likeness (QED) is 0.532. The Morgan fingerprint density at radius 1 is 1.27 bits per heavy atom. The molecule has 0 unspecified atom stereocenters. The summed E-state index contributed by atoms with van der Waals surface area (Å²) >= 11 is 0. The van der Waals surface area contributed by atoms with Crippen LogP contribution in [0.1, 0.15) is 25.0 Å². The van der Waals surface area contributed by atoms with E-state index < -0.39 is 0 Å². The average molecular weight is 442 g/mol. The first kappa shape index (κ1) is 20.9. The first-order valence-corrected chi connectivity index (χ1v) is 10.8. The molecule has 3 aromatic rings. The molecule has 0 radical (unpaired) electrons. The number of amides is 1. The maximum absolute atomic E-state index is 12.1. The minimum Gasteiger partial charge on any atom is -0.490 e. The molecule has 10 heteroatoms. The number of hydrazine groups is 1. The van der Waals surface area contributed by atoms with Crippen LogP contribution in [0.3, 0.4) is 0 Å². The van der Waals surface area contributed by atoms with Crippen LogP contribution >= 0.6 is 0 Å². The monoisotopic (exact) mass is 442 g/mol. The highest BCUT2D eigenvalue weighted by molar-refractivity contribution is 5.93. The molecule has 0 spiro atoms. The molecule has 1 aliphatic heterocycles. The molecule has 5 rings (SSSR count). The molecule has 1 amide bonds. The first-order valence-electron chi connectivity index (χ1n) is 10.8. The van der Waals surface area contributed by atoms with Crippen LogP contribution in [-0.4, -0.2) is 51.3 Å². The standard InChI is InChI=1S/C23H22N8O2/c24-5-8-30-6-4-17(28-30)14-33-21-13-26-18(12-25)10-20(21)16-3-7-31-19(9-16)11-22(29-31)27-23(32)15-1-2-15/h3,7,9-11,13,15,17,28H,1-2,4,6,8,14H2,(H,27,29,32)/t17-/m0/s1. The van der Waals surface area contributed by atoms with Crippen molar-refractivity contribution in [3.8, 4) is 29.0 Å². The van der Waals surface area contributed by atoms with Crippen LogP contribution in [0.25, 0.3) is 16.6 Å². The van der Waals surface area contributed by atoms with Crippen molar-refractivity contribution in [1.82, 2.24) is 25.0 Å². The zero-order valence-electron chi connectivity index (χ0n) is 17.9. The molecule has 1 saturated heterocycles. The first-order chi connectivity index (χ1) is 16.1. The van der Waals surface area contributed by atoms with Crippen LogP contribution in [0.15, 0.2) is 36.7 Å². The summed E-state index contributed by atoms with van der Waals surface area (Å²) in [5.41, 5.74) is 5.97. The Morgan fingerprint density at radius 2 is 2.15 bits per heavy atom. The summed E-state index contributed by atoms with van der Waals surface area (Å²) in [7, 11) is 0. The molecule has 1 saturated carbocycles. The average Bonchev–Trinajstić information content (AvgIpc) is 3.47. The summed E-state index contributed by atoms with van der Waals surface area (Å²) < 4.78 is 7.78. The SMILES string of the molecule is N#CCN1CC[C@@H](COc2cnc(C#N)cc2-c2ccn3nc(NC(=O)C4CC4)cc3c2)N1. The number of nitrogens with zero attached hydrogens (tertiary/aromatic N) is 6. The van der Waals surface area contributed by atoms with Gasteiger partial charge in [0.1, 0.15) is 30.7 Å². The number of carbonyl (C=O) groups excluding carboxylic acids is 1. The smallest absolute Gasteiger partial charge is 0.228 e. The van der Waals surface area contributed by atoms with Crippen molar-refractivity contribution in [3.05, 3.63) is 42.4 Å². The van der Waals surface area contributed by atoms with Crippen molar-refractivity contribution in [2.24, 2.45) is 5.92 Å². The highest BCUT2D eigenvalue weighted by Crippen LogP contribution is 2.32. The van der Waals surface area contributed by atoms with Crippen LogP contribution in [0, 0.1) is 28.6 Å². The maximum atomic E-state index is 12.1. The summed E-state index contributed by atoms with van der Waals surface area (Å²) in [6.07, 6.45) is 6.12. The van der Waals surface area contributed by atoms with Gasteiger partial charge in [-0.15, -0.1) is 0 Å². The van der Waals surface area contributed by atoms with Gasteiger partial charge in [-0.25, -0.2) is 19.9 Å². The van der Waals surface area contributed by atoms with Crippen molar-refractivity contribution in [2.75, 3.05) is 25.0 Å². The Kier molecular flexibility index (Phi) is 5.61. The number of nitriles is 2. The van der Waals surface area contributed by atoms with Gasteiger partial charge < -0.3 is 10.1 Å². The summed E-state index contributed by atoms with van der Waals surface area (Å²) in [6, 6.07) is 11.7. The maximum Gasteiger partial charge on any atom is 0.228 e. The Labute approximate surface area is 190 Å². The Bertz CT molecular complexity index is 1280. The molecule has 3 aromatic heterocycles. The van der Waals surface area contributed by atoms with E-state index in [-0.39, 0.29) is 17.9 Å². The Morgan fingerprint density at radius 3 is 2.94 bits per heavy atom. The van der Waals surface area contributed by atoms with E-state index in [4.69, 9.17) is 10.00 Å². The molecule has 166 valence electrons. The lowest BCUT2D eigenvalue weighted by atomic mass is 10.1. The molecule has 10 nitrogen and oxygen atoms in total. The van der Waals surface area contributed by atoms with Crippen LogP contribution in [0.4, 0.5) is 5.82 Å². The van der Waals surface area contributed by atoms with Gasteiger partial charge in [0, 0.05) is 30.3 Å². The van der Waals surface area contributed by atoms with Crippen LogP contribution in [-0.2, 0) is 4.79 Å². The number of fused-ring (bicyclic) bond motifs is 1. The van der Waals surface area contributed by atoms with E-state index in [1.165, 1.54) is 0 Å². The number of carbonyl (C=O) groups is 1. The largest absolute Gasteiger partial charge is 0.490 e. The predicted molar refractivity (Wildman–Crippen MR) is 119 cm³/mol. The van der Waals surface area contributed by atoms with Crippen LogP contribution in [0.2, 0.25) is 0 Å². The Hall–Kier alpha value is -3.99. The lowest BCUT2D eigenvalue weighted by molar-refractivity contribution is -0.117. The van der Waals surface area contributed by atoms with E-state index in [1.807, 2.05) is 29.4 Å². The number of hydrogen-bond donors (Lipinski definition) is 2. The van der Waals surface area contributed by atoms with Gasteiger partial charge in [-0.3, -0.25) is 4.79 Å². The summed E-state index contributed by atoms with van der Waals surface area (Å²) in [4.78, 5) is 16.2. The van der Waals surface area contributed by atoms with Crippen molar-refractivity contribution >= 4 is 17.2 Å². The van der Waals surface area contributed by atoms with Crippen molar-refractivity contribution < 1.29 is 9.53 Å². The third-order valence-corrected chi connectivity index (χ3v) is 5.77. The summed E-state index contributed by atoms with van der Waals surface area (Å²) in [5, 5.41) is 27.4. The predicted octanol–water partition coefficient (Wildman–Crippen LogP) is 2.10. The second-order valence-corrected chi connectivity index (χ2v) is 8.26. The van der Waals surface area contributed by atoms with Crippen molar-refractivity contribution in [2.45, 2.75) is 25.3 Å². The van der Waals surface area contributed by atoms with E-state index in [0.29, 0.717) is 30.4 Å². The normalized spacial score (nSPS) is 18.1. The van der Waals surface area contributed by atoms with Gasteiger partial charge in [0.15, 0.2) is 5.82 Å². The van der Waals surface area contributed by atoms with Crippen LogP contribution < -0.4 is 15.5 Å². The van der Waals surface area contributed by atoms with E-state index in [9.17, 15) is 10.1 Å². The third kappa shape index (κ3) is 4.62. The van der Waals surface area contributed by atoms with E-state index in [2.05, 4.69) is 33.0 Å². The van der Waals surface area contributed by atoms with Gasteiger partial charge in [-0.1, -0.05) is 0 Å². The molecule has 0 aromatic carbocycles. The highest BCUT2D eigenvalue weighted by atomic mass is 16.5. The summed E-state index contributed by atoms with van der Waals surface area (Å²) in [6.45, 7) is 1.53. The molecular formula is C23H22N8O2. The second-order valence-electron chi connectivity index (χ2n) is 8.26. The zero-order valence-corrected chi connectivity index (χ0v) is 17.9. The number of rotatable bonds is 7. The number of nitrogens with one attached hydrogen (secondary N) is 2. The topological polar surface area (TPSA) is 131 Å². The molecule has 2 N–H and O–H groups in total. The summed E-state index contributed by atoms with van der Waals surface area (Å²) in [5.74, 6) is 1.20. The van der Waals surface area contributed by atoms with Gasteiger partial charge >= 0.3 is 0 Å². The van der Waals surface area contributed by atoms with Gasteiger partial charge in [-0.2, -0.15) is 15.6 Å². The van der Waals surface area contributed by atoms with Crippen molar-refractivity contribution in [3.63, 3.8) is 0 Å². The molecular weight excluding hydrogens is 420 g/mol. The number of aromatic nitrogens is 3. The molecule has 2 fully saturated rings. The lowest BCUT2D eigenvalue weighted by Gasteiger charge is -2.17. The Balaban J connectivity index is 1.37. The minimum absolute atomic E-state index is 0.0102. The van der Waals surface area contributed by atoms with E-state index >= 15 is 0 Å². The second kappa shape index (κ2) is 8.87. The van der Waals surface area contributed by atoms with Gasteiger partial charge in [0.05, 0.1) is 23.8 Å². The van der Waals surface area contributed by atoms with Crippen molar-refractivity contribution in [1.29, 1.82) is 10.5 Å². The molecule has 1 aliphatic carbocycles. The van der Waals surface area contributed by atoms with Gasteiger partial charge in [0.25, 0.3) is 0 Å². The number of ether oxygens (including phenoxy) is 1. The molecule has 1 atom stereocenters. The number of hydrogen-bond acceptors (Lipinski definition) is 8. The number of pyridine rings is 2. The third-order valence-electron chi connectivity index (χ3n) is 5.77. The molecule has 0 bridgehead atoms. The molecule has 2 aliphatic rings. The fourth-order valence-corrected chi connectivity index (χ4v) is 3.86. The van der Waals surface area contributed by atoms with E-state index in [1.54, 1.807) is 16.8 Å². The fourth-order valence-electron chi connectivity index (χ4n) is 3.86. The van der Waals surface area contributed by atoms with Gasteiger partial charge in [-0.05, 0) is 43.0 Å². The lowest BCUT2D eigenvalue weighted by Crippen LogP contribution is -2.38.